The van der Waals surface area contributed by atoms with Crippen LogP contribution in [0.25, 0.3) is 16.7 Å². The first-order valence-corrected chi connectivity index (χ1v) is 8.32. The van der Waals surface area contributed by atoms with Gasteiger partial charge in [-0.3, -0.25) is 0 Å². The van der Waals surface area contributed by atoms with Crippen molar-refractivity contribution in [1.82, 2.24) is 19.7 Å². The number of hydrogen-bond donors (Lipinski definition) is 2. The fourth-order valence-corrected chi connectivity index (χ4v) is 3.21. The molecule has 7 nitrogen and oxygen atoms in total. The highest BCUT2D eigenvalue weighted by Gasteiger charge is 2.33. The average molecular weight is 400 g/mol. The Morgan fingerprint density at radius 3 is 2.48 bits per heavy atom. The van der Waals surface area contributed by atoms with Crippen LogP contribution < -0.4 is 4.90 Å². The second-order valence-corrected chi connectivity index (χ2v) is 6.54. The van der Waals surface area contributed by atoms with E-state index in [2.05, 4.69) is 15.1 Å². The summed E-state index contributed by atoms with van der Waals surface area (Å²) in [5, 5.41) is 24.0. The van der Waals surface area contributed by atoms with Crippen LogP contribution in [0.3, 0.4) is 0 Å². The molecular formula is C16H13ClF3N5O2. The third-order valence-corrected chi connectivity index (χ3v) is 4.53. The van der Waals surface area contributed by atoms with Crippen molar-refractivity contribution in [3.8, 4) is 5.69 Å². The van der Waals surface area contributed by atoms with Gasteiger partial charge in [-0.25, -0.2) is 4.68 Å². The van der Waals surface area contributed by atoms with Crippen molar-refractivity contribution < 1.29 is 23.4 Å². The first-order valence-electron chi connectivity index (χ1n) is 7.94. The van der Waals surface area contributed by atoms with Gasteiger partial charge in [-0.1, -0.05) is 6.07 Å². The largest absolute Gasteiger partial charge is 0.416 e. The number of halogens is 4. The van der Waals surface area contributed by atoms with E-state index in [0.29, 0.717) is 11.2 Å². The van der Waals surface area contributed by atoms with E-state index in [-0.39, 0.29) is 29.7 Å². The minimum absolute atomic E-state index is 0.123. The molecule has 1 aliphatic rings. The third kappa shape index (κ3) is 3.20. The standard InChI is InChI=1S/C16H13ClF3N5O2/c17-15-22-13(24-6-11(26)12(27)7-24)10-5-21-25(14(10)23-15)9-3-1-2-8(4-9)16(18,19)20/h1-5,11-12,26-27H,6-7H2/t11-,12-/m1/s1. The van der Waals surface area contributed by atoms with Gasteiger partial charge >= 0.3 is 6.18 Å². The van der Waals surface area contributed by atoms with Crippen LogP contribution in [-0.4, -0.2) is 55.3 Å². The molecule has 27 heavy (non-hydrogen) atoms. The van der Waals surface area contributed by atoms with Crippen molar-refractivity contribution in [1.29, 1.82) is 0 Å². The molecule has 142 valence electrons. The second-order valence-electron chi connectivity index (χ2n) is 6.20. The summed E-state index contributed by atoms with van der Waals surface area (Å²) >= 11 is 6.00. The molecule has 1 aliphatic heterocycles. The molecule has 1 aromatic carbocycles. The van der Waals surface area contributed by atoms with Crippen molar-refractivity contribution >= 4 is 28.5 Å². The first kappa shape index (κ1) is 18.0. The van der Waals surface area contributed by atoms with Crippen molar-refractivity contribution in [2.24, 2.45) is 0 Å². The Kier molecular flexibility index (Phi) is 4.21. The molecule has 2 atom stereocenters. The van der Waals surface area contributed by atoms with Crippen LogP contribution in [-0.2, 0) is 6.18 Å². The number of aliphatic hydroxyl groups excluding tert-OH is 2. The van der Waals surface area contributed by atoms with E-state index in [1.807, 2.05) is 0 Å². The molecule has 0 aliphatic carbocycles. The summed E-state index contributed by atoms with van der Waals surface area (Å²) < 4.78 is 40.2. The number of anilines is 1. The lowest BCUT2D eigenvalue weighted by Gasteiger charge is -2.17. The molecule has 2 aromatic heterocycles. The second kappa shape index (κ2) is 6.32. The molecular weight excluding hydrogens is 387 g/mol. The van der Waals surface area contributed by atoms with E-state index in [0.717, 1.165) is 12.1 Å². The van der Waals surface area contributed by atoms with Crippen molar-refractivity contribution in [2.45, 2.75) is 18.4 Å². The Bertz CT molecular complexity index is 999. The molecule has 1 fully saturated rings. The minimum atomic E-state index is -4.49. The Morgan fingerprint density at radius 1 is 1.11 bits per heavy atom. The van der Waals surface area contributed by atoms with Crippen LogP contribution >= 0.6 is 11.6 Å². The number of aromatic nitrogens is 4. The van der Waals surface area contributed by atoms with E-state index in [1.54, 1.807) is 4.90 Å². The van der Waals surface area contributed by atoms with Crippen molar-refractivity contribution in [3.63, 3.8) is 0 Å². The van der Waals surface area contributed by atoms with E-state index in [9.17, 15) is 23.4 Å². The van der Waals surface area contributed by atoms with Crippen LogP contribution in [0.1, 0.15) is 5.56 Å². The van der Waals surface area contributed by atoms with Gasteiger partial charge in [-0.15, -0.1) is 0 Å². The van der Waals surface area contributed by atoms with Gasteiger partial charge in [0, 0.05) is 13.1 Å². The Labute approximate surface area is 155 Å². The molecule has 11 heteroatoms. The maximum atomic E-state index is 13.0. The monoisotopic (exact) mass is 399 g/mol. The fourth-order valence-electron chi connectivity index (χ4n) is 3.05. The van der Waals surface area contributed by atoms with Crippen LogP contribution in [0, 0.1) is 0 Å². The van der Waals surface area contributed by atoms with E-state index in [1.165, 1.54) is 23.0 Å². The smallest absolute Gasteiger partial charge is 0.389 e. The number of nitrogens with zero attached hydrogens (tertiary/aromatic N) is 5. The molecule has 3 aromatic rings. The minimum Gasteiger partial charge on any atom is -0.389 e. The van der Waals surface area contributed by atoms with Gasteiger partial charge in [0.25, 0.3) is 0 Å². The SMILES string of the molecule is O[C@@H]1CN(c2nc(Cl)nc3c2cnn3-c2cccc(C(F)(F)F)c2)C[C@H]1O. The molecule has 0 amide bonds. The molecule has 1 saturated heterocycles. The quantitative estimate of drug-likeness (QED) is 0.641. The maximum absolute atomic E-state index is 13.0. The fraction of sp³-hybridized carbons (Fsp3) is 0.312. The lowest BCUT2D eigenvalue weighted by atomic mass is 10.2. The van der Waals surface area contributed by atoms with Crippen LogP contribution in [0.15, 0.2) is 30.5 Å². The average Bonchev–Trinajstić information content (AvgIpc) is 3.17. The van der Waals surface area contributed by atoms with Gasteiger partial charge in [0.05, 0.1) is 35.0 Å². The van der Waals surface area contributed by atoms with Crippen LogP contribution in [0.4, 0.5) is 19.0 Å². The summed E-state index contributed by atoms with van der Waals surface area (Å²) in [6.45, 7) is 0.274. The highest BCUT2D eigenvalue weighted by molar-refractivity contribution is 6.28. The van der Waals surface area contributed by atoms with Crippen molar-refractivity contribution in [3.05, 3.63) is 41.3 Å². The summed E-state index contributed by atoms with van der Waals surface area (Å²) in [5.41, 5.74) is -0.419. The highest BCUT2D eigenvalue weighted by Crippen LogP contribution is 2.32. The lowest BCUT2D eigenvalue weighted by molar-refractivity contribution is -0.137. The predicted octanol–water partition coefficient (Wildman–Crippen LogP) is 2.03. The van der Waals surface area contributed by atoms with Gasteiger partial charge in [0.15, 0.2) is 5.65 Å². The molecule has 4 rings (SSSR count). The molecule has 0 bridgehead atoms. The van der Waals surface area contributed by atoms with Crippen LogP contribution in [0.2, 0.25) is 5.28 Å². The maximum Gasteiger partial charge on any atom is 0.416 e. The predicted molar refractivity (Wildman–Crippen MR) is 90.9 cm³/mol. The summed E-state index contributed by atoms with van der Waals surface area (Å²) in [6.07, 6.45) is -4.95. The molecule has 2 N–H and O–H groups in total. The van der Waals surface area contributed by atoms with Gasteiger partial charge < -0.3 is 15.1 Å². The zero-order valence-electron chi connectivity index (χ0n) is 13.6. The number of benzene rings is 1. The van der Waals surface area contributed by atoms with E-state index >= 15 is 0 Å². The normalized spacial score (nSPS) is 20.6. The Balaban J connectivity index is 1.83. The summed E-state index contributed by atoms with van der Waals surface area (Å²) in [4.78, 5) is 9.86. The molecule has 0 saturated carbocycles. The Hall–Kier alpha value is -2.43. The third-order valence-electron chi connectivity index (χ3n) is 4.36. The summed E-state index contributed by atoms with van der Waals surface area (Å²) in [5.74, 6) is 0.346. The number of alkyl halides is 3. The Morgan fingerprint density at radius 2 is 1.81 bits per heavy atom. The zero-order chi connectivity index (χ0) is 19.3. The molecule has 0 unspecified atom stereocenters. The number of β-amino-alcohol motifs (C(OH)–C–C–N with tert-alkyl or cyclic N) is 2. The topological polar surface area (TPSA) is 87.3 Å². The van der Waals surface area contributed by atoms with Gasteiger partial charge in [-0.05, 0) is 29.8 Å². The van der Waals surface area contributed by atoms with Gasteiger partial charge in [0.2, 0.25) is 5.28 Å². The van der Waals surface area contributed by atoms with Gasteiger partial charge in [0.1, 0.15) is 5.82 Å². The van der Waals surface area contributed by atoms with E-state index < -0.39 is 23.9 Å². The molecule has 0 radical (unpaired) electrons. The lowest BCUT2D eigenvalue weighted by Crippen LogP contribution is -2.22. The number of rotatable bonds is 2. The van der Waals surface area contributed by atoms with E-state index in [4.69, 9.17) is 11.6 Å². The van der Waals surface area contributed by atoms with Crippen molar-refractivity contribution in [2.75, 3.05) is 18.0 Å². The first-order chi connectivity index (χ1) is 12.7. The highest BCUT2D eigenvalue weighted by atomic mass is 35.5. The molecule has 3 heterocycles. The van der Waals surface area contributed by atoms with Gasteiger partial charge in [-0.2, -0.15) is 28.2 Å². The number of hydrogen-bond acceptors (Lipinski definition) is 6. The molecule has 0 spiro atoms. The summed E-state index contributed by atoms with van der Waals surface area (Å²) in [6, 6.07) is 4.68. The summed E-state index contributed by atoms with van der Waals surface area (Å²) in [7, 11) is 0. The van der Waals surface area contributed by atoms with Crippen LogP contribution in [0.5, 0.6) is 0 Å². The zero-order valence-corrected chi connectivity index (χ0v) is 14.4. The number of fused-ring (bicyclic) bond motifs is 1. The number of aliphatic hydroxyl groups is 2.